The van der Waals surface area contributed by atoms with Crippen LogP contribution >= 0.6 is 11.3 Å². The number of ether oxygens (including phenoxy) is 3. The Balaban J connectivity index is 1.89. The predicted molar refractivity (Wildman–Crippen MR) is 100 cm³/mol. The average Bonchev–Trinajstić information content (AvgIpc) is 2.99. The lowest BCUT2D eigenvalue weighted by Gasteiger charge is -2.08. The first-order chi connectivity index (χ1) is 12.6. The van der Waals surface area contributed by atoms with Crippen LogP contribution in [0.5, 0.6) is 17.4 Å². The molecule has 0 saturated carbocycles. The summed E-state index contributed by atoms with van der Waals surface area (Å²) in [5.74, 6) is 1.50. The molecule has 0 spiro atoms. The van der Waals surface area contributed by atoms with Crippen LogP contribution in [-0.2, 0) is 4.74 Å². The van der Waals surface area contributed by atoms with Gasteiger partial charge in [0.2, 0.25) is 5.88 Å². The van der Waals surface area contributed by atoms with E-state index in [-0.39, 0.29) is 5.97 Å². The summed E-state index contributed by atoms with van der Waals surface area (Å²) in [5.41, 5.74) is 0.766. The Labute approximate surface area is 155 Å². The number of fused-ring (bicyclic) bond motifs is 1. The number of rotatable bonds is 7. The van der Waals surface area contributed by atoms with E-state index in [0.717, 1.165) is 23.1 Å². The molecule has 2 aromatic heterocycles. The van der Waals surface area contributed by atoms with Crippen LogP contribution in [0.15, 0.2) is 30.6 Å². The Bertz CT molecular complexity index is 906. The van der Waals surface area contributed by atoms with Crippen molar-refractivity contribution in [2.45, 2.75) is 27.2 Å². The van der Waals surface area contributed by atoms with Crippen LogP contribution in [-0.4, -0.2) is 29.2 Å². The van der Waals surface area contributed by atoms with Gasteiger partial charge in [0, 0.05) is 0 Å². The number of hydrogen-bond donors (Lipinski definition) is 0. The van der Waals surface area contributed by atoms with Crippen molar-refractivity contribution in [2.75, 3.05) is 13.2 Å². The number of carbonyl (C=O) groups is 1. The first-order valence-corrected chi connectivity index (χ1v) is 9.27. The number of carbonyl (C=O) groups excluding carboxylic acids is 1. The van der Waals surface area contributed by atoms with Crippen molar-refractivity contribution in [2.24, 2.45) is 0 Å². The maximum atomic E-state index is 12.1. The monoisotopic (exact) mass is 372 g/mol. The Kier molecular flexibility index (Phi) is 5.68. The lowest BCUT2D eigenvalue weighted by Crippen LogP contribution is -2.03. The van der Waals surface area contributed by atoms with E-state index in [1.165, 1.54) is 17.7 Å². The topological polar surface area (TPSA) is 70.5 Å². The molecular weight excluding hydrogens is 352 g/mol. The maximum absolute atomic E-state index is 12.1. The molecule has 0 unspecified atom stereocenters. The molecule has 1 aromatic carbocycles. The van der Waals surface area contributed by atoms with Gasteiger partial charge in [0.05, 0.1) is 18.6 Å². The Morgan fingerprint density at radius 1 is 1.12 bits per heavy atom. The highest BCUT2D eigenvalue weighted by atomic mass is 32.1. The van der Waals surface area contributed by atoms with Crippen molar-refractivity contribution >= 4 is 27.5 Å². The molecule has 0 aliphatic heterocycles. The third kappa shape index (κ3) is 3.77. The van der Waals surface area contributed by atoms with Crippen LogP contribution in [0, 0.1) is 6.92 Å². The first-order valence-electron chi connectivity index (χ1n) is 8.46. The molecule has 2 heterocycles. The van der Waals surface area contributed by atoms with E-state index < -0.39 is 0 Å². The maximum Gasteiger partial charge on any atom is 0.348 e. The summed E-state index contributed by atoms with van der Waals surface area (Å²) in [5, 5.41) is 0.729. The van der Waals surface area contributed by atoms with Gasteiger partial charge in [-0.3, -0.25) is 0 Å². The lowest BCUT2D eigenvalue weighted by atomic mass is 10.2. The standard InChI is InChI=1S/C19H20N2O4S/c1-4-10-24-13-6-8-14(9-7-13)25-17-15-12(3)16(19(22)23-5-2)26-18(15)21-11-20-17/h6-9,11H,4-5,10H2,1-3H3. The van der Waals surface area contributed by atoms with Gasteiger partial charge in [-0.2, -0.15) is 0 Å². The minimum Gasteiger partial charge on any atom is -0.494 e. The van der Waals surface area contributed by atoms with Gasteiger partial charge in [-0.1, -0.05) is 6.92 Å². The Morgan fingerprint density at radius 2 is 1.85 bits per heavy atom. The molecule has 0 atom stereocenters. The average molecular weight is 372 g/mol. The molecular formula is C19H20N2O4S. The SMILES string of the molecule is CCCOc1ccc(Oc2ncnc3sc(C(=O)OCC)c(C)c23)cc1. The highest BCUT2D eigenvalue weighted by Crippen LogP contribution is 2.36. The molecule has 26 heavy (non-hydrogen) atoms. The molecule has 0 radical (unpaired) electrons. The first kappa shape index (κ1) is 18.1. The molecule has 3 aromatic rings. The Hall–Kier alpha value is -2.67. The van der Waals surface area contributed by atoms with Gasteiger partial charge in [0.15, 0.2) is 0 Å². The van der Waals surface area contributed by atoms with Crippen LogP contribution in [0.2, 0.25) is 0 Å². The molecule has 0 aliphatic rings. The van der Waals surface area contributed by atoms with E-state index in [1.807, 2.05) is 31.2 Å². The predicted octanol–water partition coefficient (Wildman–Crippen LogP) is 4.76. The zero-order valence-corrected chi connectivity index (χ0v) is 15.8. The van der Waals surface area contributed by atoms with Gasteiger partial charge in [0.25, 0.3) is 0 Å². The highest BCUT2D eigenvalue weighted by molar-refractivity contribution is 7.20. The summed E-state index contributed by atoms with van der Waals surface area (Å²) in [6, 6.07) is 7.36. The van der Waals surface area contributed by atoms with Crippen LogP contribution in [0.1, 0.15) is 35.5 Å². The number of thiophene rings is 1. The smallest absolute Gasteiger partial charge is 0.348 e. The third-order valence-electron chi connectivity index (χ3n) is 3.66. The molecule has 136 valence electrons. The van der Waals surface area contributed by atoms with E-state index in [4.69, 9.17) is 14.2 Å². The summed E-state index contributed by atoms with van der Waals surface area (Å²) in [6.45, 7) is 6.70. The number of nitrogens with zero attached hydrogens (tertiary/aromatic N) is 2. The van der Waals surface area contributed by atoms with Gasteiger partial charge in [0.1, 0.15) is 27.5 Å². The molecule has 0 fully saturated rings. The number of hydrogen-bond acceptors (Lipinski definition) is 7. The van der Waals surface area contributed by atoms with Gasteiger partial charge >= 0.3 is 5.97 Å². The molecule has 0 amide bonds. The molecule has 0 saturated heterocycles. The number of aromatic nitrogens is 2. The molecule has 3 rings (SSSR count). The molecule has 0 bridgehead atoms. The number of aryl methyl sites for hydroxylation is 1. The fourth-order valence-electron chi connectivity index (χ4n) is 2.44. The van der Waals surface area contributed by atoms with Crippen LogP contribution in [0.4, 0.5) is 0 Å². The van der Waals surface area contributed by atoms with Gasteiger partial charge < -0.3 is 14.2 Å². The zero-order valence-electron chi connectivity index (χ0n) is 14.9. The lowest BCUT2D eigenvalue weighted by molar-refractivity contribution is 0.0531. The second-order valence-electron chi connectivity index (χ2n) is 5.56. The number of esters is 1. The van der Waals surface area contributed by atoms with Crippen molar-refractivity contribution in [3.05, 3.63) is 41.0 Å². The van der Waals surface area contributed by atoms with E-state index in [9.17, 15) is 4.79 Å². The largest absolute Gasteiger partial charge is 0.494 e. The second-order valence-corrected chi connectivity index (χ2v) is 6.56. The van der Waals surface area contributed by atoms with E-state index in [0.29, 0.717) is 34.6 Å². The summed E-state index contributed by atoms with van der Waals surface area (Å²) in [7, 11) is 0. The highest BCUT2D eigenvalue weighted by Gasteiger charge is 2.21. The van der Waals surface area contributed by atoms with Gasteiger partial charge in [-0.05, 0) is 50.1 Å². The van der Waals surface area contributed by atoms with Gasteiger partial charge in [-0.25, -0.2) is 14.8 Å². The quantitative estimate of drug-likeness (QED) is 0.557. The van der Waals surface area contributed by atoms with E-state index in [2.05, 4.69) is 16.9 Å². The van der Waals surface area contributed by atoms with Crippen LogP contribution in [0.25, 0.3) is 10.2 Å². The summed E-state index contributed by atoms with van der Waals surface area (Å²) in [4.78, 5) is 21.8. The third-order valence-corrected chi connectivity index (χ3v) is 4.84. The van der Waals surface area contributed by atoms with Crippen LogP contribution < -0.4 is 9.47 Å². The zero-order chi connectivity index (χ0) is 18.5. The minimum atomic E-state index is -0.351. The van der Waals surface area contributed by atoms with E-state index in [1.54, 1.807) is 6.92 Å². The summed E-state index contributed by atoms with van der Waals surface area (Å²) >= 11 is 1.28. The minimum absolute atomic E-state index is 0.327. The van der Waals surface area contributed by atoms with Crippen molar-refractivity contribution in [1.82, 2.24) is 9.97 Å². The fraction of sp³-hybridized carbons (Fsp3) is 0.316. The second kappa shape index (κ2) is 8.14. The van der Waals surface area contributed by atoms with Crippen LogP contribution in [0.3, 0.4) is 0 Å². The molecule has 0 aliphatic carbocycles. The van der Waals surface area contributed by atoms with Gasteiger partial charge in [-0.15, -0.1) is 11.3 Å². The van der Waals surface area contributed by atoms with Crippen molar-refractivity contribution in [1.29, 1.82) is 0 Å². The summed E-state index contributed by atoms with van der Waals surface area (Å²) < 4.78 is 16.6. The fourth-order valence-corrected chi connectivity index (χ4v) is 3.48. The molecule has 7 heteroatoms. The molecule has 6 nitrogen and oxygen atoms in total. The molecule has 0 N–H and O–H groups in total. The normalized spacial score (nSPS) is 10.7. The van der Waals surface area contributed by atoms with Crippen molar-refractivity contribution in [3.63, 3.8) is 0 Å². The van der Waals surface area contributed by atoms with Crippen molar-refractivity contribution in [3.8, 4) is 17.4 Å². The summed E-state index contributed by atoms with van der Waals surface area (Å²) in [6.07, 6.45) is 2.39. The van der Waals surface area contributed by atoms with E-state index >= 15 is 0 Å². The number of benzene rings is 1. The Morgan fingerprint density at radius 3 is 2.54 bits per heavy atom. The van der Waals surface area contributed by atoms with Crippen molar-refractivity contribution < 1.29 is 19.0 Å².